The van der Waals surface area contributed by atoms with Crippen molar-refractivity contribution in [3.63, 3.8) is 0 Å². The summed E-state index contributed by atoms with van der Waals surface area (Å²) in [7, 11) is -2.36. The fraction of sp³-hybridized carbons (Fsp3) is 0.667. The van der Waals surface area contributed by atoms with Crippen LogP contribution >= 0.6 is 0 Å². The molecule has 15 heavy (non-hydrogen) atoms. The molecule has 0 heterocycles. The van der Waals surface area contributed by atoms with Gasteiger partial charge in [0.25, 0.3) is 0 Å². The van der Waals surface area contributed by atoms with Crippen LogP contribution in [0.5, 0.6) is 0 Å². The largest absolute Gasteiger partial charge is 0.513 e. The van der Waals surface area contributed by atoms with E-state index < -0.39 is 16.1 Å². The second-order valence-electron chi connectivity index (χ2n) is 6.34. The topological polar surface area (TPSA) is 20.2 Å². The van der Waals surface area contributed by atoms with Gasteiger partial charge >= 0.3 is 0 Å². The van der Waals surface area contributed by atoms with Crippen molar-refractivity contribution in [3.8, 4) is 0 Å². The Kier molecular flexibility index (Phi) is 5.07. The molecule has 0 aliphatic heterocycles. The monoisotopic (exact) mass is 242 g/mol. The highest BCUT2D eigenvalue weighted by atomic mass is 28.3. The number of aliphatic hydroxyl groups excluding tert-OH is 1. The molecule has 0 rings (SSSR count). The fourth-order valence-electron chi connectivity index (χ4n) is 1.36. The lowest BCUT2D eigenvalue weighted by Crippen LogP contribution is -2.28. The van der Waals surface area contributed by atoms with Gasteiger partial charge in [-0.05, 0) is 19.4 Å². The second-order valence-corrected chi connectivity index (χ2v) is 16.5. The Labute approximate surface area is 96.9 Å². The molecule has 0 aromatic carbocycles. The van der Waals surface area contributed by atoms with Crippen LogP contribution in [0.4, 0.5) is 0 Å². The van der Waals surface area contributed by atoms with Gasteiger partial charge in [-0.3, -0.25) is 0 Å². The third-order valence-electron chi connectivity index (χ3n) is 2.19. The molecule has 0 amide bonds. The van der Waals surface area contributed by atoms with Gasteiger partial charge < -0.3 is 5.11 Å². The van der Waals surface area contributed by atoms with Gasteiger partial charge in [0.15, 0.2) is 0 Å². The molecule has 0 radical (unpaired) electrons. The molecule has 3 heteroatoms. The van der Waals surface area contributed by atoms with Crippen LogP contribution in [-0.2, 0) is 0 Å². The number of allylic oxidation sites excluding steroid dienone is 3. The van der Waals surface area contributed by atoms with Crippen molar-refractivity contribution >= 4 is 16.1 Å². The zero-order valence-electron chi connectivity index (χ0n) is 11.3. The summed E-state index contributed by atoms with van der Waals surface area (Å²) in [4.78, 5) is 0. The first-order chi connectivity index (χ1) is 6.52. The van der Waals surface area contributed by atoms with Crippen LogP contribution in [0.3, 0.4) is 0 Å². The summed E-state index contributed by atoms with van der Waals surface area (Å²) in [6.07, 6.45) is 2.87. The first kappa shape index (κ1) is 14.7. The van der Waals surface area contributed by atoms with Crippen molar-refractivity contribution < 1.29 is 5.11 Å². The molecule has 0 saturated carbocycles. The second kappa shape index (κ2) is 5.17. The average molecular weight is 243 g/mol. The van der Waals surface area contributed by atoms with Crippen LogP contribution in [0, 0.1) is 0 Å². The smallest absolute Gasteiger partial charge is 0.0855 e. The summed E-state index contributed by atoms with van der Waals surface area (Å²) in [5.41, 5.74) is 2.51. The van der Waals surface area contributed by atoms with Crippen LogP contribution in [-0.4, -0.2) is 21.3 Å². The highest BCUT2D eigenvalue weighted by Gasteiger charge is 2.21. The maximum Gasteiger partial charge on any atom is 0.0855 e. The Bertz CT molecular complexity index is 260. The van der Waals surface area contributed by atoms with Crippen LogP contribution < -0.4 is 0 Å². The maximum atomic E-state index is 9.23. The number of hydrogen-bond donors (Lipinski definition) is 1. The van der Waals surface area contributed by atoms with E-state index in [-0.39, 0.29) is 0 Å². The van der Waals surface area contributed by atoms with Crippen molar-refractivity contribution in [2.45, 2.75) is 52.6 Å². The predicted octanol–water partition coefficient (Wildman–Crippen LogP) is 4.52. The summed E-state index contributed by atoms with van der Waals surface area (Å²) in [5.74, 6) is 0.440. The lowest BCUT2D eigenvalue weighted by molar-refractivity contribution is 0.412. The van der Waals surface area contributed by atoms with Crippen LogP contribution in [0.1, 0.15) is 13.3 Å². The molecule has 88 valence electrons. The van der Waals surface area contributed by atoms with E-state index in [9.17, 15) is 5.11 Å². The van der Waals surface area contributed by atoms with E-state index in [1.807, 2.05) is 6.08 Å². The minimum absolute atomic E-state index is 0.440. The van der Waals surface area contributed by atoms with E-state index in [1.54, 1.807) is 12.1 Å². The molecule has 0 unspecified atom stereocenters. The fourth-order valence-corrected chi connectivity index (χ4v) is 6.27. The Morgan fingerprint density at radius 1 is 1.07 bits per heavy atom. The van der Waals surface area contributed by atoms with E-state index >= 15 is 0 Å². The molecule has 0 aliphatic rings. The summed E-state index contributed by atoms with van der Waals surface area (Å²) >= 11 is 0. The molecule has 0 spiro atoms. The Morgan fingerprint density at radius 3 is 1.80 bits per heavy atom. The van der Waals surface area contributed by atoms with Gasteiger partial charge in [-0.15, -0.1) is 0 Å². The molecule has 0 atom stereocenters. The first-order valence-electron chi connectivity index (χ1n) is 5.60. The third kappa shape index (κ3) is 7.62. The molecule has 0 saturated heterocycles. The summed E-state index contributed by atoms with van der Waals surface area (Å²) in [5, 5.41) is 10.8. The summed E-state index contributed by atoms with van der Waals surface area (Å²) in [6.45, 7) is 16.0. The molecule has 1 N–H and O–H groups in total. The van der Waals surface area contributed by atoms with Gasteiger partial charge in [-0.2, -0.15) is 0 Å². The zero-order chi connectivity index (χ0) is 12.3. The molecule has 0 aromatic rings. The van der Waals surface area contributed by atoms with Crippen molar-refractivity contribution in [1.82, 2.24) is 0 Å². The first-order valence-corrected chi connectivity index (χ1v) is 12.7. The minimum atomic E-state index is -1.22. The van der Waals surface area contributed by atoms with E-state index in [2.05, 4.69) is 45.0 Å². The van der Waals surface area contributed by atoms with Gasteiger partial charge in [0.1, 0.15) is 0 Å². The molecular weight excluding hydrogens is 216 g/mol. The van der Waals surface area contributed by atoms with Crippen molar-refractivity contribution in [3.05, 3.63) is 22.7 Å². The van der Waals surface area contributed by atoms with Gasteiger partial charge in [-0.25, -0.2) is 0 Å². The van der Waals surface area contributed by atoms with Crippen molar-refractivity contribution in [2.24, 2.45) is 0 Å². The SMILES string of the molecule is C/C(O)=C/CC(=C[Si](C)(C)C)[Si](C)(C)C. The predicted molar refractivity (Wildman–Crippen MR) is 75.8 cm³/mol. The van der Waals surface area contributed by atoms with E-state index in [1.165, 1.54) is 0 Å². The molecule has 1 nitrogen and oxygen atoms in total. The van der Waals surface area contributed by atoms with E-state index in [0.717, 1.165) is 6.42 Å². The van der Waals surface area contributed by atoms with Gasteiger partial charge in [-0.1, -0.05) is 50.2 Å². The third-order valence-corrected chi connectivity index (χ3v) is 5.97. The van der Waals surface area contributed by atoms with Crippen molar-refractivity contribution in [1.29, 1.82) is 0 Å². The van der Waals surface area contributed by atoms with Crippen LogP contribution in [0.2, 0.25) is 39.3 Å². The summed E-state index contributed by atoms with van der Waals surface area (Å²) < 4.78 is 0. The van der Waals surface area contributed by atoms with Crippen LogP contribution in [0.15, 0.2) is 22.7 Å². The van der Waals surface area contributed by atoms with E-state index in [0.29, 0.717) is 5.76 Å². The molecule has 0 aliphatic carbocycles. The standard InChI is InChI=1S/C12H26OSi2/c1-11(13)8-9-12(15(5,6)7)10-14(2,3)4/h8,10,13H,9H2,1-7H3/b11-8-,12-10?. The average Bonchev–Trinajstić information content (AvgIpc) is 1.93. The number of hydrogen-bond acceptors (Lipinski definition) is 1. The van der Waals surface area contributed by atoms with Crippen molar-refractivity contribution in [2.75, 3.05) is 0 Å². The van der Waals surface area contributed by atoms with E-state index in [4.69, 9.17) is 0 Å². The highest BCUT2D eigenvalue weighted by Crippen LogP contribution is 2.22. The normalized spacial score (nSPS) is 15.7. The quantitative estimate of drug-likeness (QED) is 0.568. The van der Waals surface area contributed by atoms with Gasteiger partial charge in [0.05, 0.1) is 21.9 Å². The molecule has 0 bridgehead atoms. The number of aliphatic hydroxyl groups is 1. The Morgan fingerprint density at radius 2 is 1.53 bits per heavy atom. The van der Waals surface area contributed by atoms with Gasteiger partial charge in [0.2, 0.25) is 0 Å². The lowest BCUT2D eigenvalue weighted by atomic mass is 10.3. The molecule has 0 aromatic heterocycles. The van der Waals surface area contributed by atoms with Crippen LogP contribution in [0.25, 0.3) is 0 Å². The molecular formula is C12H26OSi2. The zero-order valence-corrected chi connectivity index (χ0v) is 13.3. The highest BCUT2D eigenvalue weighted by molar-refractivity contribution is 6.87. The Hall–Kier alpha value is -0.286. The summed E-state index contributed by atoms with van der Waals surface area (Å²) in [6, 6.07) is 0. The molecule has 0 fully saturated rings. The lowest BCUT2D eigenvalue weighted by Gasteiger charge is -2.24. The van der Waals surface area contributed by atoms with Gasteiger partial charge in [0, 0.05) is 0 Å². The number of rotatable bonds is 4. The minimum Gasteiger partial charge on any atom is -0.513 e. The maximum absolute atomic E-state index is 9.23. The Balaban J connectivity index is 4.93.